The third-order valence-electron chi connectivity index (χ3n) is 5.09. The number of hydrogen-bond acceptors (Lipinski definition) is 7. The molecule has 3 aromatic rings. The Bertz CT molecular complexity index is 1050. The van der Waals surface area contributed by atoms with E-state index >= 15 is 0 Å². The number of benzene rings is 1. The topological polar surface area (TPSA) is 80.2 Å². The maximum atomic E-state index is 13.0. The van der Waals surface area contributed by atoms with Crippen LogP contribution < -0.4 is 15.0 Å². The third-order valence-corrected chi connectivity index (χ3v) is 6.25. The highest BCUT2D eigenvalue weighted by Crippen LogP contribution is 2.42. The first kappa shape index (κ1) is 20.3. The zero-order chi connectivity index (χ0) is 21.3. The van der Waals surface area contributed by atoms with Crippen LogP contribution in [0.15, 0.2) is 36.7 Å². The van der Waals surface area contributed by atoms with Crippen molar-refractivity contribution in [3.63, 3.8) is 0 Å². The van der Waals surface area contributed by atoms with Gasteiger partial charge in [0.1, 0.15) is 21.8 Å². The second-order valence-corrected chi connectivity index (χ2v) is 8.57. The minimum atomic E-state index is -0.267. The molecular formula is C22H25N5O2S. The smallest absolute Gasteiger partial charge is 0.243 e. The van der Waals surface area contributed by atoms with Crippen LogP contribution in [0.25, 0.3) is 10.6 Å². The highest BCUT2D eigenvalue weighted by Gasteiger charge is 2.38. The van der Waals surface area contributed by atoms with E-state index in [4.69, 9.17) is 9.72 Å². The number of hydrogen-bond donors (Lipinski definition) is 1. The second-order valence-electron chi connectivity index (χ2n) is 7.59. The summed E-state index contributed by atoms with van der Waals surface area (Å²) in [7, 11) is 1.66. The summed E-state index contributed by atoms with van der Waals surface area (Å²) in [5.41, 5.74) is 3.60. The molecule has 8 heteroatoms. The predicted molar refractivity (Wildman–Crippen MR) is 118 cm³/mol. The molecule has 1 unspecified atom stereocenters. The standard InChI is InChI=1S/C22H25N5O2S/c1-13(2)27-19(20(28)25-12-16-11-23-14(3)10-24-16)9-18-22(27)30-21(26-18)15-6-5-7-17(8-15)29-4/h5-8,10-11,13,19H,9,12H2,1-4H3,(H,25,28). The number of nitrogens with zero attached hydrogens (tertiary/aromatic N) is 4. The Balaban J connectivity index is 1.51. The molecule has 30 heavy (non-hydrogen) atoms. The van der Waals surface area contributed by atoms with Crippen LogP contribution in [0.4, 0.5) is 5.00 Å². The first-order valence-electron chi connectivity index (χ1n) is 9.94. The normalized spacial score (nSPS) is 15.4. The van der Waals surface area contributed by atoms with Gasteiger partial charge >= 0.3 is 0 Å². The second kappa shape index (κ2) is 8.39. The van der Waals surface area contributed by atoms with Gasteiger partial charge < -0.3 is 15.0 Å². The molecule has 0 saturated carbocycles. The number of amides is 1. The van der Waals surface area contributed by atoms with Crippen LogP contribution in [0.5, 0.6) is 5.75 Å². The van der Waals surface area contributed by atoms with Crippen LogP contribution in [0.2, 0.25) is 0 Å². The molecule has 7 nitrogen and oxygen atoms in total. The summed E-state index contributed by atoms with van der Waals surface area (Å²) in [4.78, 5) is 28.5. The van der Waals surface area contributed by atoms with E-state index in [1.807, 2.05) is 31.2 Å². The Morgan fingerprint density at radius 3 is 2.87 bits per heavy atom. The van der Waals surface area contributed by atoms with E-state index < -0.39 is 0 Å². The summed E-state index contributed by atoms with van der Waals surface area (Å²) in [6, 6.07) is 7.81. The van der Waals surface area contributed by atoms with Gasteiger partial charge in [-0.25, -0.2) is 4.98 Å². The fraction of sp³-hybridized carbons (Fsp3) is 0.364. The van der Waals surface area contributed by atoms with Crippen molar-refractivity contribution in [2.24, 2.45) is 0 Å². The average molecular weight is 424 g/mol. The van der Waals surface area contributed by atoms with Crippen LogP contribution in [0.1, 0.15) is 30.9 Å². The van der Waals surface area contributed by atoms with E-state index in [9.17, 15) is 4.79 Å². The molecule has 0 bridgehead atoms. The van der Waals surface area contributed by atoms with Gasteiger partial charge in [-0.3, -0.25) is 14.8 Å². The van der Waals surface area contributed by atoms with Gasteiger partial charge in [0.25, 0.3) is 0 Å². The first-order valence-corrected chi connectivity index (χ1v) is 10.8. The maximum Gasteiger partial charge on any atom is 0.243 e. The molecule has 4 rings (SSSR count). The molecule has 1 aromatic carbocycles. The van der Waals surface area contributed by atoms with Crippen LogP contribution >= 0.6 is 11.3 Å². The summed E-state index contributed by atoms with van der Waals surface area (Å²) < 4.78 is 5.34. The molecule has 2 aromatic heterocycles. The zero-order valence-electron chi connectivity index (χ0n) is 17.5. The molecular weight excluding hydrogens is 398 g/mol. The summed E-state index contributed by atoms with van der Waals surface area (Å²) in [6.07, 6.45) is 4.00. The summed E-state index contributed by atoms with van der Waals surface area (Å²) >= 11 is 1.62. The SMILES string of the molecule is COc1cccc(-c2nc3c(s2)N(C(C)C)C(C(=O)NCc2cnc(C)cn2)C3)c1. The van der Waals surface area contributed by atoms with Crippen molar-refractivity contribution in [1.29, 1.82) is 0 Å². The number of aryl methyl sites for hydroxylation is 1. The number of ether oxygens (including phenoxy) is 1. The van der Waals surface area contributed by atoms with Gasteiger partial charge in [0.05, 0.1) is 36.9 Å². The Kier molecular flexibility index (Phi) is 5.67. The van der Waals surface area contributed by atoms with Crippen molar-refractivity contribution in [2.75, 3.05) is 12.0 Å². The lowest BCUT2D eigenvalue weighted by Crippen LogP contribution is -2.48. The number of rotatable bonds is 6. The van der Waals surface area contributed by atoms with Crippen molar-refractivity contribution < 1.29 is 9.53 Å². The Labute approximate surface area is 180 Å². The average Bonchev–Trinajstić information content (AvgIpc) is 3.31. The van der Waals surface area contributed by atoms with Crippen molar-refractivity contribution in [3.05, 3.63) is 53.7 Å². The molecule has 0 aliphatic carbocycles. The Morgan fingerprint density at radius 2 is 2.17 bits per heavy atom. The van der Waals surface area contributed by atoms with E-state index in [1.165, 1.54) is 0 Å². The number of nitrogens with one attached hydrogen (secondary N) is 1. The van der Waals surface area contributed by atoms with Gasteiger partial charge in [-0.2, -0.15) is 0 Å². The number of carbonyl (C=O) groups excluding carboxylic acids is 1. The maximum absolute atomic E-state index is 13.0. The van der Waals surface area contributed by atoms with Crippen LogP contribution in [-0.4, -0.2) is 40.1 Å². The molecule has 0 saturated heterocycles. The fourth-order valence-corrected chi connectivity index (χ4v) is 4.87. The lowest BCUT2D eigenvalue weighted by atomic mass is 10.1. The Hall–Kier alpha value is -3.00. The van der Waals surface area contributed by atoms with Crippen molar-refractivity contribution in [1.82, 2.24) is 20.3 Å². The summed E-state index contributed by atoms with van der Waals surface area (Å²) in [5.74, 6) is 0.791. The molecule has 1 atom stereocenters. The van der Waals surface area contributed by atoms with Crippen molar-refractivity contribution >= 4 is 22.2 Å². The van der Waals surface area contributed by atoms with E-state index in [2.05, 4.69) is 34.0 Å². The fourth-order valence-electron chi connectivity index (χ4n) is 3.60. The number of carbonyl (C=O) groups is 1. The molecule has 0 radical (unpaired) electrons. The van der Waals surface area contributed by atoms with Gasteiger partial charge in [-0.1, -0.05) is 23.5 Å². The molecule has 1 aliphatic rings. The molecule has 1 N–H and O–H groups in total. The Morgan fingerprint density at radius 1 is 1.33 bits per heavy atom. The predicted octanol–water partition coefficient (Wildman–Crippen LogP) is 3.37. The molecule has 1 aliphatic heterocycles. The number of fused-ring (bicyclic) bond motifs is 1. The van der Waals surface area contributed by atoms with Gasteiger partial charge in [0, 0.05) is 24.2 Å². The number of methoxy groups -OCH3 is 1. The number of anilines is 1. The molecule has 0 fully saturated rings. The first-order chi connectivity index (χ1) is 14.5. The van der Waals surface area contributed by atoms with E-state index in [-0.39, 0.29) is 18.0 Å². The monoisotopic (exact) mass is 423 g/mol. The van der Waals surface area contributed by atoms with E-state index in [1.54, 1.807) is 30.8 Å². The molecule has 1 amide bonds. The highest BCUT2D eigenvalue weighted by atomic mass is 32.1. The number of aromatic nitrogens is 3. The number of thiazole rings is 1. The van der Waals surface area contributed by atoms with Crippen LogP contribution in [0, 0.1) is 6.92 Å². The summed E-state index contributed by atoms with van der Waals surface area (Å²) in [6.45, 7) is 6.46. The quantitative estimate of drug-likeness (QED) is 0.655. The molecule has 0 spiro atoms. The minimum absolute atomic E-state index is 0.0146. The lowest BCUT2D eigenvalue weighted by Gasteiger charge is -2.29. The van der Waals surface area contributed by atoms with Gasteiger partial charge in [-0.05, 0) is 32.9 Å². The molecule has 3 heterocycles. The van der Waals surface area contributed by atoms with Gasteiger partial charge in [-0.15, -0.1) is 0 Å². The highest BCUT2D eigenvalue weighted by molar-refractivity contribution is 7.19. The minimum Gasteiger partial charge on any atom is -0.497 e. The van der Waals surface area contributed by atoms with Gasteiger partial charge in [0.15, 0.2) is 0 Å². The largest absolute Gasteiger partial charge is 0.497 e. The van der Waals surface area contributed by atoms with E-state index in [0.29, 0.717) is 13.0 Å². The van der Waals surface area contributed by atoms with Gasteiger partial charge in [0.2, 0.25) is 5.91 Å². The summed E-state index contributed by atoms with van der Waals surface area (Å²) in [5, 5.41) is 5.02. The van der Waals surface area contributed by atoms with Crippen LogP contribution in [-0.2, 0) is 17.8 Å². The third kappa shape index (κ3) is 4.00. The lowest BCUT2D eigenvalue weighted by molar-refractivity contribution is -0.122. The molecule has 156 valence electrons. The van der Waals surface area contributed by atoms with E-state index in [0.717, 1.165) is 38.4 Å². The van der Waals surface area contributed by atoms with Crippen LogP contribution in [0.3, 0.4) is 0 Å². The van der Waals surface area contributed by atoms with Crippen molar-refractivity contribution in [3.8, 4) is 16.3 Å². The van der Waals surface area contributed by atoms with Crippen molar-refractivity contribution in [2.45, 2.75) is 45.8 Å². The zero-order valence-corrected chi connectivity index (χ0v) is 18.4.